The smallest absolute Gasteiger partial charge is 0.204 e. The summed E-state index contributed by atoms with van der Waals surface area (Å²) >= 11 is 0. The van der Waals surface area contributed by atoms with Crippen LogP contribution in [0.15, 0.2) is 89.0 Å². The predicted molar refractivity (Wildman–Crippen MR) is 152 cm³/mol. The van der Waals surface area contributed by atoms with E-state index in [2.05, 4.69) is 5.10 Å². The standard InChI is InChI=1S/C28H29N7O2S/c1-4-34(24(18-29)38(3,36)37)22-15-16-23(19(2)17-22)30-26-25(20-11-7-5-8-12-20)32-35-28(26)31-27(33-35)21-13-9-6-10-14-21/h5-17,24H,4,18,29H2,1-3H3. The normalized spacial score (nSPS) is 14.8. The largest absolute Gasteiger partial charge is 0.354 e. The van der Waals surface area contributed by atoms with Crippen molar-refractivity contribution < 1.29 is 8.42 Å². The topological polar surface area (TPSA) is 119 Å². The number of aryl methyl sites for hydroxylation is 1. The number of aromatic nitrogens is 3. The third-order valence-corrected chi connectivity index (χ3v) is 7.86. The SMILES string of the molecule is CCN(c1ccc(N=C2C(c3ccccc3)=Nn3nc(-c4ccccc4)nc32)c(C)c1)C(CN)S(C)(=O)=O. The molecule has 0 spiro atoms. The average Bonchev–Trinajstić information content (AvgIpc) is 3.48. The maximum Gasteiger partial charge on any atom is 0.204 e. The van der Waals surface area contributed by atoms with Gasteiger partial charge in [0.2, 0.25) is 5.82 Å². The Hall–Kier alpha value is -4.15. The Bertz CT molecular complexity index is 1630. The van der Waals surface area contributed by atoms with Gasteiger partial charge in [0.15, 0.2) is 15.7 Å². The fourth-order valence-corrected chi connectivity index (χ4v) is 5.61. The Labute approximate surface area is 222 Å². The van der Waals surface area contributed by atoms with E-state index in [1.165, 1.54) is 11.0 Å². The fraction of sp³-hybridized carbons (Fsp3) is 0.214. The first-order chi connectivity index (χ1) is 18.3. The van der Waals surface area contributed by atoms with Gasteiger partial charge in [-0.05, 0) is 37.6 Å². The van der Waals surface area contributed by atoms with Gasteiger partial charge in [0, 0.05) is 36.2 Å². The van der Waals surface area contributed by atoms with E-state index in [0.717, 1.165) is 28.1 Å². The summed E-state index contributed by atoms with van der Waals surface area (Å²) in [5.74, 6) is 1.13. The first-order valence-corrected chi connectivity index (χ1v) is 14.3. The van der Waals surface area contributed by atoms with Crippen LogP contribution in [0.25, 0.3) is 11.4 Å². The zero-order valence-electron chi connectivity index (χ0n) is 21.5. The van der Waals surface area contributed by atoms with Gasteiger partial charge in [0.05, 0.1) is 5.69 Å². The Morgan fingerprint density at radius 2 is 1.66 bits per heavy atom. The number of benzene rings is 3. The maximum absolute atomic E-state index is 12.3. The third-order valence-electron chi connectivity index (χ3n) is 6.43. The summed E-state index contributed by atoms with van der Waals surface area (Å²) in [4.78, 5) is 13.1. The van der Waals surface area contributed by atoms with Crippen molar-refractivity contribution in [2.75, 3.05) is 24.2 Å². The minimum Gasteiger partial charge on any atom is -0.354 e. The van der Waals surface area contributed by atoms with Crippen molar-refractivity contribution in [2.24, 2.45) is 15.8 Å². The van der Waals surface area contributed by atoms with Gasteiger partial charge in [-0.25, -0.2) is 18.4 Å². The molecule has 2 heterocycles. The molecule has 38 heavy (non-hydrogen) atoms. The number of nitrogens with two attached hydrogens (primary N) is 1. The lowest BCUT2D eigenvalue weighted by atomic mass is 10.1. The number of sulfone groups is 1. The highest BCUT2D eigenvalue weighted by molar-refractivity contribution is 7.91. The quantitative estimate of drug-likeness (QED) is 0.372. The van der Waals surface area contributed by atoms with Crippen LogP contribution >= 0.6 is 0 Å². The van der Waals surface area contributed by atoms with E-state index >= 15 is 0 Å². The highest BCUT2D eigenvalue weighted by Gasteiger charge is 2.30. The van der Waals surface area contributed by atoms with Crippen molar-refractivity contribution in [2.45, 2.75) is 19.2 Å². The van der Waals surface area contributed by atoms with Crippen molar-refractivity contribution >= 4 is 32.6 Å². The molecule has 0 amide bonds. The van der Waals surface area contributed by atoms with Crippen LogP contribution in [-0.4, -0.2) is 59.4 Å². The molecule has 10 heteroatoms. The summed E-state index contributed by atoms with van der Waals surface area (Å²) in [7, 11) is -3.37. The second kappa shape index (κ2) is 10.3. The molecule has 2 N–H and O–H groups in total. The van der Waals surface area contributed by atoms with E-state index in [9.17, 15) is 8.42 Å². The highest BCUT2D eigenvalue weighted by Crippen LogP contribution is 2.29. The van der Waals surface area contributed by atoms with E-state index in [1.807, 2.05) is 92.7 Å². The molecule has 5 rings (SSSR count). The Morgan fingerprint density at radius 3 is 2.24 bits per heavy atom. The predicted octanol–water partition coefficient (Wildman–Crippen LogP) is 3.80. The van der Waals surface area contributed by atoms with Gasteiger partial charge in [0.1, 0.15) is 16.8 Å². The summed E-state index contributed by atoms with van der Waals surface area (Å²) in [6, 6.07) is 25.3. The first kappa shape index (κ1) is 25.5. The van der Waals surface area contributed by atoms with Crippen molar-refractivity contribution in [3.05, 3.63) is 95.8 Å². The molecule has 9 nitrogen and oxygen atoms in total. The molecule has 0 radical (unpaired) electrons. The molecule has 1 atom stereocenters. The number of hydrogen-bond acceptors (Lipinski definition) is 8. The molecular formula is C28H29N7O2S. The second-order valence-electron chi connectivity index (χ2n) is 9.07. The zero-order valence-corrected chi connectivity index (χ0v) is 22.3. The summed E-state index contributed by atoms with van der Waals surface area (Å²) < 4.78 is 24.7. The zero-order chi connectivity index (χ0) is 26.9. The van der Waals surface area contributed by atoms with Gasteiger partial charge in [-0.2, -0.15) is 0 Å². The average molecular weight is 528 g/mol. The Morgan fingerprint density at radius 1 is 1.00 bits per heavy atom. The van der Waals surface area contributed by atoms with Crippen molar-refractivity contribution in [1.29, 1.82) is 0 Å². The minimum atomic E-state index is -3.37. The van der Waals surface area contributed by atoms with E-state index in [4.69, 9.17) is 20.8 Å². The summed E-state index contributed by atoms with van der Waals surface area (Å²) in [5, 5.41) is 8.55. The molecule has 1 aromatic heterocycles. The number of anilines is 1. The van der Waals surface area contributed by atoms with Crippen LogP contribution in [0.5, 0.6) is 0 Å². The number of nitrogens with zero attached hydrogens (tertiary/aromatic N) is 6. The minimum absolute atomic E-state index is 0.00603. The maximum atomic E-state index is 12.3. The van der Waals surface area contributed by atoms with Crippen LogP contribution in [0.4, 0.5) is 11.4 Å². The molecule has 0 saturated carbocycles. The van der Waals surface area contributed by atoms with Gasteiger partial charge >= 0.3 is 0 Å². The molecule has 0 aliphatic carbocycles. The highest BCUT2D eigenvalue weighted by atomic mass is 32.2. The van der Waals surface area contributed by atoms with Gasteiger partial charge in [-0.3, -0.25) is 0 Å². The van der Waals surface area contributed by atoms with Crippen molar-refractivity contribution in [3.63, 3.8) is 0 Å². The number of fused-ring (bicyclic) bond motifs is 1. The van der Waals surface area contributed by atoms with Gasteiger partial charge in [0.25, 0.3) is 0 Å². The van der Waals surface area contributed by atoms with Gasteiger partial charge in [-0.15, -0.1) is 15.0 Å². The molecule has 4 aromatic rings. The van der Waals surface area contributed by atoms with Crippen LogP contribution < -0.4 is 10.6 Å². The summed E-state index contributed by atoms with van der Waals surface area (Å²) in [6.45, 7) is 4.36. The van der Waals surface area contributed by atoms with Crippen LogP contribution in [0.3, 0.4) is 0 Å². The Kier molecular flexibility index (Phi) is 6.92. The molecule has 1 aliphatic heterocycles. The van der Waals surface area contributed by atoms with Gasteiger partial charge < -0.3 is 10.6 Å². The summed E-state index contributed by atoms with van der Waals surface area (Å²) in [5.41, 5.74) is 11.3. The van der Waals surface area contributed by atoms with E-state index < -0.39 is 15.2 Å². The van der Waals surface area contributed by atoms with Gasteiger partial charge in [-0.1, -0.05) is 60.7 Å². The molecule has 0 bridgehead atoms. The van der Waals surface area contributed by atoms with E-state index in [-0.39, 0.29) is 6.54 Å². The second-order valence-corrected chi connectivity index (χ2v) is 11.3. The van der Waals surface area contributed by atoms with Crippen molar-refractivity contribution in [3.8, 4) is 11.4 Å². The number of likely N-dealkylation sites (N-methyl/N-ethyl adjacent to an activating group) is 1. The number of rotatable bonds is 8. The number of hydrogen-bond donors (Lipinski definition) is 1. The van der Waals surface area contributed by atoms with Crippen LogP contribution in [-0.2, 0) is 9.84 Å². The monoisotopic (exact) mass is 527 g/mol. The van der Waals surface area contributed by atoms with Crippen LogP contribution in [0, 0.1) is 6.92 Å². The van der Waals surface area contributed by atoms with E-state index in [0.29, 0.717) is 29.6 Å². The molecule has 1 unspecified atom stereocenters. The molecule has 3 aromatic carbocycles. The Balaban J connectivity index is 1.58. The molecule has 1 aliphatic rings. The lowest BCUT2D eigenvalue weighted by Gasteiger charge is -2.31. The van der Waals surface area contributed by atoms with Crippen LogP contribution in [0.2, 0.25) is 0 Å². The first-order valence-electron chi connectivity index (χ1n) is 12.3. The third kappa shape index (κ3) is 4.88. The molecule has 0 saturated heterocycles. The lowest BCUT2D eigenvalue weighted by Crippen LogP contribution is -2.45. The lowest BCUT2D eigenvalue weighted by molar-refractivity contribution is 0.579. The summed E-state index contributed by atoms with van der Waals surface area (Å²) in [6.07, 6.45) is 1.21. The molecular weight excluding hydrogens is 498 g/mol. The number of aliphatic imine (C=N–C) groups is 1. The van der Waals surface area contributed by atoms with Crippen LogP contribution in [0.1, 0.15) is 23.9 Å². The molecule has 194 valence electrons. The van der Waals surface area contributed by atoms with Crippen molar-refractivity contribution in [1.82, 2.24) is 14.9 Å². The van der Waals surface area contributed by atoms with E-state index in [1.54, 1.807) is 4.90 Å². The molecule has 0 fully saturated rings. The fourth-order valence-electron chi connectivity index (χ4n) is 4.52.